The van der Waals surface area contributed by atoms with Gasteiger partial charge in [-0.25, -0.2) is 4.39 Å². The summed E-state index contributed by atoms with van der Waals surface area (Å²) >= 11 is 0. The maximum atomic E-state index is 14.4. The number of nitrogens with zero attached hydrogens (tertiary/aromatic N) is 2. The molecule has 0 amide bonds. The lowest BCUT2D eigenvalue weighted by molar-refractivity contribution is 0.630. The fraction of sp³-hybridized carbons (Fsp3) is 0.226. The quantitative estimate of drug-likeness (QED) is 0.288. The van der Waals surface area contributed by atoms with E-state index >= 15 is 0 Å². The minimum atomic E-state index is -0.299. The molecular weight excluding hydrogens is 433 g/mol. The van der Waals surface area contributed by atoms with Crippen LogP contribution in [0.4, 0.5) is 10.1 Å². The van der Waals surface area contributed by atoms with Crippen LogP contribution in [0.3, 0.4) is 0 Å². The smallest absolute Gasteiger partial charge is 0.132 e. The topological polar surface area (TPSA) is 37.8 Å². The Morgan fingerprint density at radius 2 is 1.51 bits per heavy atom. The summed E-state index contributed by atoms with van der Waals surface area (Å²) in [4.78, 5) is 8.96. The van der Waals surface area contributed by atoms with Crippen molar-refractivity contribution < 1.29 is 4.39 Å². The predicted molar refractivity (Wildman–Crippen MR) is 142 cm³/mol. The normalized spacial score (nSPS) is 12.8. The molecule has 1 fully saturated rings. The van der Waals surface area contributed by atoms with Crippen molar-refractivity contribution >= 4 is 5.69 Å². The molecule has 0 unspecified atom stereocenters. The van der Waals surface area contributed by atoms with E-state index in [0.717, 1.165) is 24.1 Å². The first-order valence-electron chi connectivity index (χ1n) is 12.4. The molecular formula is C31H30FN3. The third kappa shape index (κ3) is 5.32. The van der Waals surface area contributed by atoms with Crippen LogP contribution in [0.5, 0.6) is 0 Å². The first-order chi connectivity index (χ1) is 17.2. The first-order valence-corrected chi connectivity index (χ1v) is 12.4. The van der Waals surface area contributed by atoms with Crippen molar-refractivity contribution in [2.75, 3.05) is 5.32 Å². The average Bonchev–Trinajstić information content (AvgIpc) is 2.85. The molecule has 1 aromatic heterocycles. The summed E-state index contributed by atoms with van der Waals surface area (Å²) in [6.45, 7) is 2.22. The fourth-order valence-electron chi connectivity index (χ4n) is 4.51. The van der Waals surface area contributed by atoms with Crippen LogP contribution in [-0.2, 0) is 12.8 Å². The number of halogens is 1. The number of hydrogen-bond donors (Lipinski definition) is 1. The first kappa shape index (κ1) is 23.0. The maximum Gasteiger partial charge on any atom is 0.132 e. The summed E-state index contributed by atoms with van der Waals surface area (Å²) in [5.41, 5.74) is 9.19. The largest absolute Gasteiger partial charge is 0.359 e. The highest BCUT2D eigenvalue weighted by molar-refractivity contribution is 5.78. The van der Waals surface area contributed by atoms with Crippen LogP contribution < -0.4 is 5.32 Å². The summed E-state index contributed by atoms with van der Waals surface area (Å²) in [5, 5.41) is 3.69. The lowest BCUT2D eigenvalue weighted by Gasteiger charge is -2.24. The van der Waals surface area contributed by atoms with Gasteiger partial charge in [-0.1, -0.05) is 67.4 Å². The third-order valence-electron chi connectivity index (χ3n) is 6.61. The van der Waals surface area contributed by atoms with Crippen LogP contribution in [0.25, 0.3) is 22.5 Å². The second-order valence-corrected chi connectivity index (χ2v) is 9.11. The Labute approximate surface area is 206 Å². The Bertz CT molecular complexity index is 1320. The van der Waals surface area contributed by atoms with Crippen LogP contribution in [0, 0.1) is 5.82 Å². The number of rotatable bonds is 8. The molecule has 0 radical (unpaired) electrons. The number of nitrogens with one attached hydrogen (secondary N) is 1. The van der Waals surface area contributed by atoms with Crippen molar-refractivity contribution in [3.63, 3.8) is 0 Å². The highest BCUT2D eigenvalue weighted by Gasteiger charge is 2.17. The van der Waals surface area contributed by atoms with Crippen LogP contribution in [0.2, 0.25) is 0 Å². The molecule has 5 rings (SSSR count). The molecule has 0 atom stereocenters. The zero-order valence-corrected chi connectivity index (χ0v) is 20.1. The van der Waals surface area contributed by atoms with Crippen molar-refractivity contribution in [2.24, 2.45) is 0 Å². The highest BCUT2D eigenvalue weighted by Crippen LogP contribution is 2.33. The Morgan fingerprint density at radius 3 is 2.17 bits per heavy atom. The molecule has 4 aromatic rings. The summed E-state index contributed by atoms with van der Waals surface area (Å²) in [6, 6.07) is 23.9. The van der Waals surface area contributed by atoms with Gasteiger partial charge in [-0.05, 0) is 61.1 Å². The van der Waals surface area contributed by atoms with Gasteiger partial charge in [0.2, 0.25) is 0 Å². The molecule has 35 heavy (non-hydrogen) atoms. The molecule has 0 bridgehead atoms. The van der Waals surface area contributed by atoms with Gasteiger partial charge in [0.1, 0.15) is 5.82 Å². The molecule has 1 heterocycles. The summed E-state index contributed by atoms with van der Waals surface area (Å²) < 4.78 is 14.4. The molecule has 1 saturated carbocycles. The molecule has 4 heteroatoms. The summed E-state index contributed by atoms with van der Waals surface area (Å²) in [6.07, 6.45) is 10.1. The van der Waals surface area contributed by atoms with Gasteiger partial charge >= 0.3 is 0 Å². The van der Waals surface area contributed by atoms with Gasteiger partial charge in [-0.2, -0.15) is 0 Å². The Hall–Kier alpha value is -3.79. The number of allylic oxidation sites excluding steroid dienone is 2. The number of benzene rings is 3. The maximum absolute atomic E-state index is 14.4. The Balaban J connectivity index is 1.37. The van der Waals surface area contributed by atoms with Crippen LogP contribution in [0.15, 0.2) is 96.5 Å². The summed E-state index contributed by atoms with van der Waals surface area (Å²) in [7, 11) is 0. The van der Waals surface area contributed by atoms with E-state index in [4.69, 9.17) is 0 Å². The minimum absolute atomic E-state index is 0.299. The number of aryl methyl sites for hydroxylation is 1. The van der Waals surface area contributed by atoms with Gasteiger partial charge in [0.05, 0.1) is 11.4 Å². The lowest BCUT2D eigenvalue weighted by atomic mass is 9.88. The zero-order chi connectivity index (χ0) is 24.0. The van der Waals surface area contributed by atoms with Crippen molar-refractivity contribution in [3.8, 4) is 22.5 Å². The molecule has 1 N–H and O–H groups in total. The highest BCUT2D eigenvalue weighted by atomic mass is 19.1. The van der Waals surface area contributed by atoms with Crippen molar-refractivity contribution in [2.45, 2.75) is 45.4 Å². The van der Waals surface area contributed by atoms with Crippen LogP contribution in [0.1, 0.15) is 43.7 Å². The fourth-order valence-corrected chi connectivity index (χ4v) is 4.51. The van der Waals surface area contributed by atoms with Gasteiger partial charge in [0.15, 0.2) is 0 Å². The van der Waals surface area contributed by atoms with E-state index in [9.17, 15) is 4.39 Å². The number of anilines is 1. The molecule has 1 aliphatic carbocycles. The second-order valence-electron chi connectivity index (χ2n) is 9.11. The van der Waals surface area contributed by atoms with E-state index < -0.39 is 0 Å². The molecule has 176 valence electrons. The van der Waals surface area contributed by atoms with E-state index in [1.54, 1.807) is 24.5 Å². The standard InChI is InChI=1S/C31H30FN3/c1-2-6-22-11-13-23(14-12-22)21-29(24-7-5-8-24)35-26-17-15-25(16-18-26)30-31(34-20-19-33-30)27-9-3-4-10-28(27)32/h3-4,9-20,35H,2,5-8,21H2,1H3. The summed E-state index contributed by atoms with van der Waals surface area (Å²) in [5.74, 6) is -0.299. The van der Waals surface area contributed by atoms with Crippen molar-refractivity contribution in [3.05, 3.63) is 113 Å². The van der Waals surface area contributed by atoms with E-state index in [1.807, 2.05) is 18.2 Å². The number of aromatic nitrogens is 2. The number of hydrogen-bond acceptors (Lipinski definition) is 3. The second kappa shape index (κ2) is 10.6. The van der Waals surface area contributed by atoms with E-state index in [-0.39, 0.29) is 5.82 Å². The molecule has 3 aromatic carbocycles. The minimum Gasteiger partial charge on any atom is -0.359 e. The zero-order valence-electron chi connectivity index (χ0n) is 20.1. The van der Waals surface area contributed by atoms with E-state index in [1.165, 1.54) is 54.1 Å². The third-order valence-corrected chi connectivity index (χ3v) is 6.61. The molecule has 3 nitrogen and oxygen atoms in total. The van der Waals surface area contributed by atoms with Gasteiger partial charge in [-0.3, -0.25) is 9.97 Å². The lowest BCUT2D eigenvalue weighted by Crippen LogP contribution is -2.11. The molecule has 0 aliphatic heterocycles. The van der Waals surface area contributed by atoms with Crippen molar-refractivity contribution in [1.82, 2.24) is 9.97 Å². The van der Waals surface area contributed by atoms with E-state index in [2.05, 4.69) is 58.6 Å². The molecule has 0 spiro atoms. The Kier molecular flexibility index (Phi) is 6.99. The van der Waals surface area contributed by atoms with Gasteiger partial charge < -0.3 is 5.32 Å². The van der Waals surface area contributed by atoms with Crippen LogP contribution >= 0.6 is 0 Å². The molecule has 1 aliphatic rings. The predicted octanol–water partition coefficient (Wildman–Crippen LogP) is 7.99. The van der Waals surface area contributed by atoms with Gasteiger partial charge in [0.25, 0.3) is 0 Å². The van der Waals surface area contributed by atoms with Gasteiger partial charge in [0, 0.05) is 41.3 Å². The average molecular weight is 464 g/mol. The van der Waals surface area contributed by atoms with Crippen LogP contribution in [-0.4, -0.2) is 9.97 Å². The molecule has 0 saturated heterocycles. The monoisotopic (exact) mass is 463 g/mol. The Morgan fingerprint density at radius 1 is 0.829 bits per heavy atom. The SMILES string of the molecule is CCCc1ccc(CC(Nc2ccc(-c3nccnc3-c3ccccc3F)cc2)=C2CCC2)cc1. The van der Waals surface area contributed by atoms with Crippen molar-refractivity contribution in [1.29, 1.82) is 0 Å². The van der Waals surface area contributed by atoms with E-state index in [0.29, 0.717) is 17.0 Å². The van der Waals surface area contributed by atoms with Gasteiger partial charge in [-0.15, -0.1) is 0 Å².